The van der Waals surface area contributed by atoms with E-state index in [2.05, 4.69) is 14.6 Å². The van der Waals surface area contributed by atoms with Crippen LogP contribution in [0.3, 0.4) is 0 Å². The van der Waals surface area contributed by atoms with E-state index < -0.39 is 22.1 Å². The van der Waals surface area contributed by atoms with Gasteiger partial charge < -0.3 is 4.74 Å². The molecular formula is C23H17ClF3N3O3S2. The van der Waals surface area contributed by atoms with Crippen LogP contribution in [0.4, 0.5) is 13.2 Å². The Labute approximate surface area is 210 Å². The summed E-state index contributed by atoms with van der Waals surface area (Å²) >= 11 is 11.3. The Kier molecular flexibility index (Phi) is 7.02. The highest BCUT2D eigenvalue weighted by Crippen LogP contribution is 2.30. The molecule has 1 aliphatic rings. The molecule has 0 saturated heterocycles. The average molecular weight is 540 g/mol. The number of hydrogen-bond donors (Lipinski definition) is 1. The summed E-state index contributed by atoms with van der Waals surface area (Å²) in [6.07, 6.45) is -4.88. The number of nitrogens with zero attached hydrogens (tertiary/aromatic N) is 2. The van der Waals surface area contributed by atoms with Gasteiger partial charge in [-0.15, -0.1) is 13.2 Å². The van der Waals surface area contributed by atoms with Crippen LogP contribution in [0.1, 0.15) is 17.0 Å². The largest absolute Gasteiger partial charge is 0.573 e. The molecule has 0 amide bonds. The van der Waals surface area contributed by atoms with Crippen molar-refractivity contribution < 1.29 is 26.3 Å². The molecule has 3 aromatic rings. The van der Waals surface area contributed by atoms with Gasteiger partial charge in [-0.2, -0.15) is 5.10 Å². The molecule has 0 spiro atoms. The van der Waals surface area contributed by atoms with Crippen LogP contribution < -0.4 is 9.46 Å². The van der Waals surface area contributed by atoms with Gasteiger partial charge in [-0.3, -0.25) is 4.72 Å². The predicted molar refractivity (Wildman–Crippen MR) is 130 cm³/mol. The van der Waals surface area contributed by atoms with E-state index in [4.69, 9.17) is 23.8 Å². The van der Waals surface area contributed by atoms with Crippen LogP contribution in [0.25, 0.3) is 0 Å². The maximum Gasteiger partial charge on any atom is 0.573 e. The molecule has 1 heterocycles. The molecule has 1 N–H and O–H groups in total. The average Bonchev–Trinajstić information content (AvgIpc) is 3.25. The third kappa shape index (κ3) is 6.11. The van der Waals surface area contributed by atoms with Crippen molar-refractivity contribution in [3.8, 4) is 5.75 Å². The van der Waals surface area contributed by atoms with Gasteiger partial charge in [0.15, 0.2) is 0 Å². The SMILES string of the molecule is O=S(=O)(NC(=S)N1CC(c2ccccc2)C(c2ccc(Cl)cc2)=N1)c1ccc(OC(F)(F)F)cc1. The Morgan fingerprint density at radius 2 is 1.66 bits per heavy atom. The molecular weight excluding hydrogens is 523 g/mol. The highest BCUT2D eigenvalue weighted by atomic mass is 35.5. The maximum atomic E-state index is 12.8. The van der Waals surface area contributed by atoms with Crippen LogP contribution in [0, 0.1) is 0 Å². The normalized spacial score (nSPS) is 16.1. The standard InChI is InChI=1S/C23H17ClF3N3O3S2/c24-17-8-6-16(7-9-17)21-20(15-4-2-1-3-5-15)14-30(28-21)22(34)29-35(31,32)19-12-10-18(11-13-19)33-23(25,26)27/h1-13,20H,14H2,(H,29,34). The maximum absolute atomic E-state index is 12.8. The first-order valence-electron chi connectivity index (χ1n) is 10.1. The third-order valence-corrected chi connectivity index (χ3v) is 7.13. The zero-order valence-electron chi connectivity index (χ0n) is 17.7. The molecule has 0 bridgehead atoms. The Morgan fingerprint density at radius 1 is 1.03 bits per heavy atom. The summed E-state index contributed by atoms with van der Waals surface area (Å²) in [7, 11) is -4.18. The Bertz CT molecular complexity index is 1350. The van der Waals surface area contributed by atoms with Crippen molar-refractivity contribution in [1.82, 2.24) is 9.73 Å². The number of sulfonamides is 1. The molecule has 4 rings (SSSR count). The second kappa shape index (κ2) is 9.84. The first kappa shape index (κ1) is 25.0. The van der Waals surface area contributed by atoms with Gasteiger partial charge in [0.2, 0.25) is 5.11 Å². The van der Waals surface area contributed by atoms with Crippen molar-refractivity contribution in [2.45, 2.75) is 17.2 Å². The number of hydrazone groups is 1. The van der Waals surface area contributed by atoms with Crippen LogP contribution in [-0.4, -0.2) is 37.2 Å². The van der Waals surface area contributed by atoms with E-state index in [-0.39, 0.29) is 22.5 Å². The van der Waals surface area contributed by atoms with E-state index in [1.54, 1.807) is 12.1 Å². The van der Waals surface area contributed by atoms with Crippen LogP contribution in [0.2, 0.25) is 5.02 Å². The molecule has 0 aromatic heterocycles. The van der Waals surface area contributed by atoms with E-state index in [0.717, 1.165) is 35.4 Å². The van der Waals surface area contributed by atoms with Gasteiger partial charge in [-0.25, -0.2) is 13.4 Å². The summed E-state index contributed by atoms with van der Waals surface area (Å²) in [5.74, 6) is -0.736. The smallest absolute Gasteiger partial charge is 0.406 e. The highest BCUT2D eigenvalue weighted by molar-refractivity contribution is 7.91. The third-order valence-electron chi connectivity index (χ3n) is 5.08. The Morgan fingerprint density at radius 3 is 2.26 bits per heavy atom. The number of hydrogen-bond acceptors (Lipinski definition) is 5. The van der Waals surface area contributed by atoms with Crippen molar-refractivity contribution in [3.05, 3.63) is 95.0 Å². The number of halogens is 4. The lowest BCUT2D eigenvalue weighted by atomic mass is 9.91. The molecule has 6 nitrogen and oxygen atoms in total. The summed E-state index contributed by atoms with van der Waals surface area (Å²) in [5, 5.41) is 6.33. The van der Waals surface area contributed by atoms with E-state index >= 15 is 0 Å². The number of ether oxygens (including phenoxy) is 1. The van der Waals surface area contributed by atoms with E-state index in [9.17, 15) is 21.6 Å². The molecule has 0 aliphatic carbocycles. The fourth-order valence-electron chi connectivity index (χ4n) is 3.50. The summed E-state index contributed by atoms with van der Waals surface area (Å²) < 4.78 is 68.7. The highest BCUT2D eigenvalue weighted by Gasteiger charge is 2.33. The van der Waals surface area contributed by atoms with E-state index in [0.29, 0.717) is 10.7 Å². The molecule has 1 atom stereocenters. The van der Waals surface area contributed by atoms with Gasteiger partial charge in [0.25, 0.3) is 10.0 Å². The van der Waals surface area contributed by atoms with Crippen LogP contribution in [0.5, 0.6) is 5.75 Å². The summed E-state index contributed by atoms with van der Waals surface area (Å²) in [6.45, 7) is 0.279. The minimum absolute atomic E-state index is 0.175. The fraction of sp³-hybridized carbons (Fsp3) is 0.130. The van der Waals surface area contributed by atoms with Crippen molar-refractivity contribution in [3.63, 3.8) is 0 Å². The van der Waals surface area contributed by atoms with Crippen molar-refractivity contribution >= 4 is 44.7 Å². The number of benzene rings is 3. The van der Waals surface area contributed by atoms with Crippen molar-refractivity contribution in [1.29, 1.82) is 0 Å². The van der Waals surface area contributed by atoms with Crippen molar-refractivity contribution in [2.75, 3.05) is 6.54 Å². The Hall–Kier alpha value is -3.15. The summed E-state index contributed by atoms with van der Waals surface area (Å²) in [5.41, 5.74) is 2.45. The lowest BCUT2D eigenvalue weighted by Gasteiger charge is -2.18. The van der Waals surface area contributed by atoms with Crippen LogP contribution >= 0.6 is 23.8 Å². The molecule has 0 saturated carbocycles. The molecule has 1 unspecified atom stereocenters. The molecule has 12 heteroatoms. The molecule has 0 fully saturated rings. The minimum Gasteiger partial charge on any atom is -0.406 e. The van der Waals surface area contributed by atoms with Crippen LogP contribution in [0.15, 0.2) is 88.9 Å². The molecule has 182 valence electrons. The zero-order chi connectivity index (χ0) is 25.2. The fourth-order valence-corrected chi connectivity index (χ4v) is 5.02. The van der Waals surface area contributed by atoms with Gasteiger partial charge in [0, 0.05) is 10.9 Å². The lowest BCUT2D eigenvalue weighted by Crippen LogP contribution is -2.39. The first-order valence-corrected chi connectivity index (χ1v) is 12.4. The lowest BCUT2D eigenvalue weighted by molar-refractivity contribution is -0.274. The molecule has 35 heavy (non-hydrogen) atoms. The van der Waals surface area contributed by atoms with Gasteiger partial charge in [-0.1, -0.05) is 54.1 Å². The molecule has 3 aromatic carbocycles. The van der Waals surface area contributed by atoms with Gasteiger partial charge >= 0.3 is 6.36 Å². The topological polar surface area (TPSA) is 71.0 Å². The monoisotopic (exact) mass is 539 g/mol. The molecule has 0 radical (unpaired) electrons. The van der Waals surface area contributed by atoms with E-state index in [1.807, 2.05) is 42.5 Å². The molecule has 1 aliphatic heterocycles. The number of nitrogens with one attached hydrogen (secondary N) is 1. The second-order valence-electron chi connectivity index (χ2n) is 7.47. The summed E-state index contributed by atoms with van der Waals surface area (Å²) in [6, 6.07) is 20.5. The first-order chi connectivity index (χ1) is 16.5. The van der Waals surface area contributed by atoms with Crippen molar-refractivity contribution in [2.24, 2.45) is 5.10 Å². The number of alkyl halides is 3. The quantitative estimate of drug-likeness (QED) is 0.445. The van der Waals surface area contributed by atoms with E-state index in [1.165, 1.54) is 5.01 Å². The minimum atomic E-state index is -4.88. The zero-order valence-corrected chi connectivity index (χ0v) is 20.1. The van der Waals surface area contributed by atoms with Crippen LogP contribution in [-0.2, 0) is 10.0 Å². The van der Waals surface area contributed by atoms with Gasteiger partial charge in [0.05, 0.1) is 17.2 Å². The van der Waals surface area contributed by atoms with Gasteiger partial charge in [0.1, 0.15) is 5.75 Å². The summed E-state index contributed by atoms with van der Waals surface area (Å²) in [4.78, 5) is -0.282. The predicted octanol–water partition coefficient (Wildman–Crippen LogP) is 5.31. The second-order valence-corrected chi connectivity index (χ2v) is 9.97. The number of thiocarbonyl (C=S) groups is 1. The van der Waals surface area contributed by atoms with Gasteiger partial charge in [-0.05, 0) is 59.7 Å². The Balaban J connectivity index is 1.56. The number of rotatable bonds is 5.